The molecule has 0 bridgehead atoms. The molecule has 1 unspecified atom stereocenters. The second-order valence-corrected chi connectivity index (χ2v) is 8.11. The van der Waals surface area contributed by atoms with E-state index < -0.39 is 0 Å². The molecule has 1 aromatic heterocycles. The minimum atomic E-state index is -0.366. The lowest BCUT2D eigenvalue weighted by molar-refractivity contribution is -0.127. The van der Waals surface area contributed by atoms with Gasteiger partial charge in [-0.15, -0.1) is 0 Å². The maximum atomic E-state index is 13.0. The number of hydrogen-bond donors (Lipinski definition) is 2. The van der Waals surface area contributed by atoms with Crippen LogP contribution in [0.5, 0.6) is 0 Å². The lowest BCUT2D eigenvalue weighted by atomic mass is 10.0. The number of aromatic amines is 1. The van der Waals surface area contributed by atoms with Gasteiger partial charge in [0.1, 0.15) is 5.82 Å². The first-order chi connectivity index (χ1) is 13.9. The number of anilines is 1. The Hall–Kier alpha value is -3.15. The lowest BCUT2D eigenvalue weighted by Gasteiger charge is -2.22. The van der Waals surface area contributed by atoms with Crippen LogP contribution in [0.25, 0.3) is 11.0 Å². The van der Waals surface area contributed by atoms with E-state index in [0.717, 1.165) is 28.1 Å². The summed E-state index contributed by atoms with van der Waals surface area (Å²) in [4.78, 5) is 35.2. The Kier molecular flexibility index (Phi) is 5.09. The molecule has 4 rings (SSSR count). The number of para-hydroxylation sites is 2. The number of aryl methyl sites for hydroxylation is 1. The topological polar surface area (TPSA) is 78.1 Å². The van der Waals surface area contributed by atoms with Gasteiger partial charge in [0.15, 0.2) is 0 Å². The van der Waals surface area contributed by atoms with Crippen molar-refractivity contribution < 1.29 is 9.59 Å². The largest absolute Gasteiger partial charge is 0.346 e. The fourth-order valence-corrected chi connectivity index (χ4v) is 3.80. The van der Waals surface area contributed by atoms with Gasteiger partial charge in [-0.3, -0.25) is 9.59 Å². The van der Waals surface area contributed by atoms with Gasteiger partial charge in [0.05, 0.1) is 23.0 Å². The number of nitrogens with zero attached hydrogens (tertiary/aromatic N) is 2. The molecule has 2 aromatic carbocycles. The van der Waals surface area contributed by atoms with Crippen molar-refractivity contribution in [3.05, 3.63) is 59.9 Å². The smallest absolute Gasteiger partial charge is 0.227 e. The van der Waals surface area contributed by atoms with Crippen LogP contribution in [0.15, 0.2) is 48.5 Å². The summed E-state index contributed by atoms with van der Waals surface area (Å²) in [6, 6.07) is 15.4. The molecule has 0 aliphatic carbocycles. The van der Waals surface area contributed by atoms with Gasteiger partial charge in [-0.05, 0) is 37.1 Å². The number of carbonyl (C=O) groups is 2. The van der Waals surface area contributed by atoms with Crippen LogP contribution in [0, 0.1) is 18.8 Å². The highest BCUT2D eigenvalue weighted by Gasteiger charge is 2.36. The SMILES string of the molecule is Cc1ccc(N2CC(C(=O)N[C@H](c3nc4ccccc4[nH]3)C(C)C)CC2=O)cc1. The van der Waals surface area contributed by atoms with Gasteiger partial charge in [-0.2, -0.15) is 0 Å². The van der Waals surface area contributed by atoms with Crippen LogP contribution in [0.4, 0.5) is 5.69 Å². The molecule has 0 radical (unpaired) electrons. The van der Waals surface area contributed by atoms with Gasteiger partial charge in [0.25, 0.3) is 0 Å². The monoisotopic (exact) mass is 390 g/mol. The Morgan fingerprint density at radius 3 is 2.59 bits per heavy atom. The molecule has 1 aliphatic heterocycles. The van der Waals surface area contributed by atoms with Crippen molar-refractivity contribution in [3.8, 4) is 0 Å². The van der Waals surface area contributed by atoms with Crippen molar-refractivity contribution >= 4 is 28.5 Å². The summed E-state index contributed by atoms with van der Waals surface area (Å²) in [7, 11) is 0. The minimum Gasteiger partial charge on any atom is -0.346 e. The first kappa shape index (κ1) is 19.2. The summed E-state index contributed by atoms with van der Waals surface area (Å²) in [6.07, 6.45) is 0.227. The number of amides is 2. The third kappa shape index (κ3) is 3.88. The first-order valence-corrected chi connectivity index (χ1v) is 10.0. The maximum Gasteiger partial charge on any atom is 0.227 e. The number of fused-ring (bicyclic) bond motifs is 1. The quantitative estimate of drug-likeness (QED) is 0.697. The number of H-pyrrole nitrogens is 1. The predicted molar refractivity (Wildman–Crippen MR) is 113 cm³/mol. The van der Waals surface area contributed by atoms with Crippen molar-refractivity contribution in [1.82, 2.24) is 15.3 Å². The van der Waals surface area contributed by atoms with Crippen molar-refractivity contribution in [1.29, 1.82) is 0 Å². The van der Waals surface area contributed by atoms with E-state index in [9.17, 15) is 9.59 Å². The maximum absolute atomic E-state index is 13.0. The average molecular weight is 390 g/mol. The molecule has 6 heteroatoms. The molecule has 2 atom stereocenters. The summed E-state index contributed by atoms with van der Waals surface area (Å²) in [6.45, 7) is 6.52. The normalized spacial score (nSPS) is 17.9. The number of hydrogen-bond acceptors (Lipinski definition) is 3. The standard InChI is InChI=1S/C23H26N4O2/c1-14(2)21(22-24-18-6-4-5-7-19(18)25-22)26-23(29)16-12-20(28)27(13-16)17-10-8-15(3)9-11-17/h4-11,14,16,21H,12-13H2,1-3H3,(H,24,25)(H,26,29)/t16?,21-/m0/s1. The van der Waals surface area contributed by atoms with Crippen LogP contribution < -0.4 is 10.2 Å². The summed E-state index contributed by atoms with van der Waals surface area (Å²) in [5, 5.41) is 3.13. The van der Waals surface area contributed by atoms with E-state index in [2.05, 4.69) is 29.1 Å². The number of carbonyl (C=O) groups excluding carboxylic acids is 2. The van der Waals surface area contributed by atoms with Gasteiger partial charge in [-0.25, -0.2) is 4.98 Å². The lowest BCUT2D eigenvalue weighted by Crippen LogP contribution is -2.38. The van der Waals surface area contributed by atoms with E-state index in [4.69, 9.17) is 0 Å². The zero-order valence-electron chi connectivity index (χ0n) is 17.0. The van der Waals surface area contributed by atoms with Crippen molar-refractivity contribution in [2.24, 2.45) is 11.8 Å². The van der Waals surface area contributed by atoms with E-state index in [1.54, 1.807) is 4.90 Å². The molecule has 29 heavy (non-hydrogen) atoms. The molecule has 2 heterocycles. The highest BCUT2D eigenvalue weighted by atomic mass is 16.2. The van der Waals surface area contributed by atoms with E-state index in [1.807, 2.05) is 55.5 Å². The van der Waals surface area contributed by atoms with Crippen molar-refractivity contribution in [3.63, 3.8) is 0 Å². The van der Waals surface area contributed by atoms with Gasteiger partial charge in [0, 0.05) is 18.7 Å². The molecule has 0 spiro atoms. The summed E-state index contributed by atoms with van der Waals surface area (Å²) < 4.78 is 0. The van der Waals surface area contributed by atoms with Gasteiger partial charge >= 0.3 is 0 Å². The molecular formula is C23H26N4O2. The highest BCUT2D eigenvalue weighted by Crippen LogP contribution is 2.27. The summed E-state index contributed by atoms with van der Waals surface area (Å²) in [5.41, 5.74) is 3.81. The molecule has 0 saturated carbocycles. The van der Waals surface area contributed by atoms with Crippen molar-refractivity contribution in [2.75, 3.05) is 11.4 Å². The third-order valence-electron chi connectivity index (χ3n) is 5.51. The van der Waals surface area contributed by atoms with Crippen LogP contribution >= 0.6 is 0 Å². The fraction of sp³-hybridized carbons (Fsp3) is 0.348. The van der Waals surface area contributed by atoms with Gasteiger partial charge in [0.2, 0.25) is 11.8 Å². The van der Waals surface area contributed by atoms with E-state index in [0.29, 0.717) is 6.54 Å². The zero-order valence-corrected chi connectivity index (χ0v) is 17.0. The number of aromatic nitrogens is 2. The average Bonchev–Trinajstić information content (AvgIpc) is 3.30. The minimum absolute atomic E-state index is 0.0150. The van der Waals surface area contributed by atoms with E-state index >= 15 is 0 Å². The Morgan fingerprint density at radius 1 is 1.17 bits per heavy atom. The first-order valence-electron chi connectivity index (χ1n) is 10.0. The highest BCUT2D eigenvalue weighted by molar-refractivity contribution is 6.00. The van der Waals surface area contributed by atoms with Crippen molar-refractivity contribution in [2.45, 2.75) is 33.2 Å². The molecule has 1 saturated heterocycles. The fourth-order valence-electron chi connectivity index (χ4n) is 3.80. The Morgan fingerprint density at radius 2 is 1.90 bits per heavy atom. The molecule has 2 amide bonds. The van der Waals surface area contributed by atoms with E-state index in [-0.39, 0.29) is 36.1 Å². The van der Waals surface area contributed by atoms with Crippen LogP contribution in [0.3, 0.4) is 0 Å². The van der Waals surface area contributed by atoms with Crippen LogP contribution in [0.2, 0.25) is 0 Å². The van der Waals surface area contributed by atoms with Crippen LogP contribution in [-0.2, 0) is 9.59 Å². The molecule has 1 fully saturated rings. The number of nitrogens with one attached hydrogen (secondary N) is 2. The molecular weight excluding hydrogens is 364 g/mol. The van der Waals surface area contributed by atoms with Gasteiger partial charge < -0.3 is 15.2 Å². The van der Waals surface area contributed by atoms with Crippen LogP contribution in [0.1, 0.15) is 37.7 Å². The Bertz CT molecular complexity index is 1010. The molecule has 2 N–H and O–H groups in total. The second-order valence-electron chi connectivity index (χ2n) is 8.11. The molecule has 3 aromatic rings. The summed E-state index contributed by atoms with van der Waals surface area (Å²) >= 11 is 0. The zero-order chi connectivity index (χ0) is 20.5. The van der Waals surface area contributed by atoms with Crippen LogP contribution in [-0.4, -0.2) is 28.3 Å². The van der Waals surface area contributed by atoms with E-state index in [1.165, 1.54) is 0 Å². The third-order valence-corrected chi connectivity index (χ3v) is 5.51. The number of benzene rings is 2. The number of rotatable bonds is 5. The Labute approximate surface area is 170 Å². The predicted octanol–water partition coefficient (Wildman–Crippen LogP) is 3.74. The number of imidazole rings is 1. The second kappa shape index (κ2) is 7.70. The molecule has 1 aliphatic rings. The Balaban J connectivity index is 1.49. The summed E-state index contributed by atoms with van der Waals surface area (Å²) in [5.74, 6) is 0.416. The molecule has 150 valence electrons. The molecule has 6 nitrogen and oxygen atoms in total. The van der Waals surface area contributed by atoms with Gasteiger partial charge in [-0.1, -0.05) is 43.7 Å².